The van der Waals surface area contributed by atoms with Crippen molar-refractivity contribution in [2.24, 2.45) is 0 Å². The maximum atomic E-state index is 3.91. The summed E-state index contributed by atoms with van der Waals surface area (Å²) in [7, 11) is 0. The predicted molar refractivity (Wildman–Crippen MR) is 34.0 cm³/mol. The fourth-order valence-electron chi connectivity index (χ4n) is 0.826. The lowest BCUT2D eigenvalue weighted by Crippen LogP contribution is -1.80. The molecule has 1 radical (unpaired) electrons. The fourth-order valence-corrected chi connectivity index (χ4v) is 0.826. The first kappa shape index (κ1) is 4.56. The van der Waals surface area contributed by atoms with Crippen LogP contribution in [0.25, 0.3) is 5.52 Å². The van der Waals surface area contributed by atoms with Gasteiger partial charge in [0.1, 0.15) is 0 Å². The Balaban J connectivity index is 2.95. The molecule has 0 saturated carbocycles. The van der Waals surface area contributed by atoms with E-state index in [4.69, 9.17) is 0 Å². The summed E-state index contributed by atoms with van der Waals surface area (Å²) in [5, 5.41) is 0. The van der Waals surface area contributed by atoms with Crippen molar-refractivity contribution in [3.05, 3.63) is 36.9 Å². The first-order valence-corrected chi connectivity index (χ1v) is 2.75. The minimum atomic E-state index is 1.08. The lowest BCUT2D eigenvalue weighted by atomic mass is 10.5. The molecule has 2 heterocycles. The lowest BCUT2D eigenvalue weighted by Gasteiger charge is -1.86. The molecule has 0 spiro atoms. The Hall–Kier alpha value is -1.31. The monoisotopic (exact) mass is 117 g/mol. The van der Waals surface area contributed by atoms with Crippen LogP contribution in [-0.2, 0) is 0 Å². The second-order valence-electron chi connectivity index (χ2n) is 1.84. The van der Waals surface area contributed by atoms with Gasteiger partial charge in [0.05, 0.1) is 24.1 Å². The highest BCUT2D eigenvalue weighted by atomic mass is 14.9. The zero-order chi connectivity index (χ0) is 6.10. The molecule has 0 unspecified atom stereocenters. The summed E-state index contributed by atoms with van der Waals surface area (Å²) >= 11 is 0. The quantitative estimate of drug-likeness (QED) is 0.505. The summed E-state index contributed by atoms with van der Waals surface area (Å²) in [4.78, 5) is 3.91. The van der Waals surface area contributed by atoms with E-state index < -0.39 is 0 Å². The summed E-state index contributed by atoms with van der Waals surface area (Å²) in [6.07, 6.45) is 8.33. The summed E-state index contributed by atoms with van der Waals surface area (Å²) in [5.74, 6) is 0. The Labute approximate surface area is 52.8 Å². The Kier molecular flexibility index (Phi) is 0.803. The molecule has 2 aromatic heterocycles. The van der Waals surface area contributed by atoms with Crippen LogP contribution >= 0.6 is 0 Å². The van der Waals surface area contributed by atoms with Crippen molar-refractivity contribution in [3.8, 4) is 0 Å². The van der Waals surface area contributed by atoms with Crippen LogP contribution in [0.1, 0.15) is 0 Å². The van der Waals surface area contributed by atoms with Crippen LogP contribution in [0.3, 0.4) is 0 Å². The van der Waals surface area contributed by atoms with Gasteiger partial charge < -0.3 is 4.40 Å². The van der Waals surface area contributed by atoms with Crippen molar-refractivity contribution in [2.45, 2.75) is 0 Å². The first-order valence-electron chi connectivity index (χ1n) is 2.75. The molecule has 0 atom stereocenters. The van der Waals surface area contributed by atoms with Crippen molar-refractivity contribution in [1.29, 1.82) is 0 Å². The highest BCUT2D eigenvalue weighted by molar-refractivity contribution is 5.43. The van der Waals surface area contributed by atoms with Crippen molar-refractivity contribution < 1.29 is 0 Å². The van der Waals surface area contributed by atoms with Gasteiger partial charge in [0, 0.05) is 6.20 Å². The Morgan fingerprint density at radius 1 is 1.56 bits per heavy atom. The van der Waals surface area contributed by atoms with Crippen LogP contribution in [0.4, 0.5) is 0 Å². The average Bonchev–Trinajstić information content (AvgIpc) is 2.33. The SMILES string of the molecule is [c]1cncc2cccn12. The maximum absolute atomic E-state index is 3.91. The van der Waals surface area contributed by atoms with Gasteiger partial charge >= 0.3 is 0 Å². The minimum absolute atomic E-state index is 1.08. The van der Waals surface area contributed by atoms with E-state index in [2.05, 4.69) is 11.2 Å². The highest BCUT2D eigenvalue weighted by Crippen LogP contribution is 1.98. The maximum Gasteiger partial charge on any atom is 0.0899 e. The van der Waals surface area contributed by atoms with Gasteiger partial charge in [0.25, 0.3) is 0 Å². The van der Waals surface area contributed by atoms with Crippen molar-refractivity contribution >= 4 is 5.52 Å². The second-order valence-corrected chi connectivity index (χ2v) is 1.84. The molecule has 0 aliphatic heterocycles. The molecule has 2 rings (SSSR count). The first-order chi connectivity index (χ1) is 4.47. The largest absolute Gasteiger partial charge is 0.312 e. The van der Waals surface area contributed by atoms with E-state index in [1.807, 2.05) is 22.7 Å². The summed E-state index contributed by atoms with van der Waals surface area (Å²) < 4.78 is 1.90. The number of hydrogen-bond acceptors (Lipinski definition) is 1. The standard InChI is InChI=1S/C7H5N2/c1-2-7-6-8-3-5-9(7)4-1/h1-4,6H. The van der Waals surface area contributed by atoms with Gasteiger partial charge in [0.2, 0.25) is 0 Å². The van der Waals surface area contributed by atoms with Gasteiger partial charge in [-0.15, -0.1) is 0 Å². The van der Waals surface area contributed by atoms with Crippen LogP contribution in [0.2, 0.25) is 0 Å². The molecular weight excluding hydrogens is 112 g/mol. The van der Waals surface area contributed by atoms with Gasteiger partial charge in [-0.25, -0.2) is 0 Å². The van der Waals surface area contributed by atoms with E-state index in [-0.39, 0.29) is 0 Å². The fraction of sp³-hybridized carbons (Fsp3) is 0. The molecule has 0 aliphatic carbocycles. The van der Waals surface area contributed by atoms with E-state index in [1.54, 1.807) is 12.4 Å². The van der Waals surface area contributed by atoms with Crippen LogP contribution in [0.15, 0.2) is 30.7 Å². The molecule has 0 bridgehead atoms. The topological polar surface area (TPSA) is 17.3 Å². The molecule has 0 aliphatic rings. The summed E-state index contributed by atoms with van der Waals surface area (Å²) in [5.41, 5.74) is 1.08. The molecule has 0 aromatic carbocycles. The normalized spacial score (nSPS) is 10.2. The molecule has 0 saturated heterocycles. The molecule has 43 valence electrons. The number of hydrogen-bond donors (Lipinski definition) is 0. The van der Waals surface area contributed by atoms with Crippen molar-refractivity contribution in [3.63, 3.8) is 0 Å². The number of nitrogens with zero attached hydrogens (tertiary/aromatic N) is 2. The zero-order valence-corrected chi connectivity index (χ0v) is 4.78. The molecule has 2 aromatic rings. The van der Waals surface area contributed by atoms with Gasteiger partial charge in [-0.3, -0.25) is 4.98 Å². The Morgan fingerprint density at radius 2 is 2.56 bits per heavy atom. The second kappa shape index (κ2) is 1.58. The third kappa shape index (κ3) is 0.598. The van der Waals surface area contributed by atoms with E-state index in [1.165, 1.54) is 0 Å². The van der Waals surface area contributed by atoms with Crippen molar-refractivity contribution in [2.75, 3.05) is 0 Å². The lowest BCUT2D eigenvalue weighted by molar-refractivity contribution is 1.13. The Morgan fingerprint density at radius 3 is 3.44 bits per heavy atom. The van der Waals surface area contributed by atoms with Crippen molar-refractivity contribution in [1.82, 2.24) is 9.38 Å². The van der Waals surface area contributed by atoms with Crippen LogP contribution in [-0.4, -0.2) is 9.38 Å². The van der Waals surface area contributed by atoms with Crippen LogP contribution in [0.5, 0.6) is 0 Å². The molecule has 2 nitrogen and oxygen atoms in total. The van der Waals surface area contributed by atoms with E-state index in [0.29, 0.717) is 0 Å². The molecular formula is C7H5N2. The third-order valence-electron chi connectivity index (χ3n) is 1.26. The molecule has 0 fully saturated rings. The average molecular weight is 117 g/mol. The molecule has 9 heavy (non-hydrogen) atoms. The number of aromatic nitrogens is 2. The molecule has 0 N–H and O–H groups in total. The number of fused-ring (bicyclic) bond motifs is 1. The zero-order valence-electron chi connectivity index (χ0n) is 4.78. The van der Waals surface area contributed by atoms with Gasteiger partial charge in [-0.05, 0) is 12.1 Å². The van der Waals surface area contributed by atoms with E-state index in [9.17, 15) is 0 Å². The van der Waals surface area contributed by atoms with E-state index >= 15 is 0 Å². The van der Waals surface area contributed by atoms with Crippen LogP contribution < -0.4 is 0 Å². The van der Waals surface area contributed by atoms with Gasteiger partial charge in [0.15, 0.2) is 0 Å². The third-order valence-corrected chi connectivity index (χ3v) is 1.26. The number of rotatable bonds is 0. The van der Waals surface area contributed by atoms with Crippen LogP contribution in [0, 0.1) is 6.20 Å². The summed E-state index contributed by atoms with van der Waals surface area (Å²) in [6.45, 7) is 0. The highest BCUT2D eigenvalue weighted by Gasteiger charge is 1.85. The summed E-state index contributed by atoms with van der Waals surface area (Å²) in [6, 6.07) is 3.96. The minimum Gasteiger partial charge on any atom is -0.312 e. The van der Waals surface area contributed by atoms with Gasteiger partial charge in [-0.2, -0.15) is 0 Å². The predicted octanol–water partition coefficient (Wildman–Crippen LogP) is 1.13. The Bertz CT molecular complexity index is 281. The molecule has 2 heteroatoms. The smallest absolute Gasteiger partial charge is 0.0899 e. The molecule has 0 amide bonds. The van der Waals surface area contributed by atoms with E-state index in [0.717, 1.165) is 5.52 Å². The van der Waals surface area contributed by atoms with Gasteiger partial charge in [-0.1, -0.05) is 0 Å².